The first-order valence-corrected chi connectivity index (χ1v) is 9.43. The second-order valence-electron chi connectivity index (χ2n) is 6.82. The number of aromatic nitrogens is 4. The Morgan fingerprint density at radius 2 is 1.86 bits per heavy atom. The van der Waals surface area contributed by atoms with Crippen LogP contribution in [0.15, 0.2) is 28.8 Å². The number of hydrogen-bond acceptors (Lipinski definition) is 8. The zero-order valence-corrected chi connectivity index (χ0v) is 16.9. The lowest BCUT2D eigenvalue weighted by Crippen LogP contribution is -2.35. The Morgan fingerprint density at radius 1 is 1.14 bits per heavy atom. The molecule has 0 fully saturated rings. The highest BCUT2D eigenvalue weighted by atomic mass is 35.5. The zero-order valence-electron chi connectivity index (χ0n) is 15.3. The molecule has 0 aliphatic carbocycles. The highest BCUT2D eigenvalue weighted by molar-refractivity contribution is 7.15. The second kappa shape index (κ2) is 8.03. The molecule has 2 aromatic heterocycles. The van der Waals surface area contributed by atoms with Crippen molar-refractivity contribution in [3.8, 4) is 11.4 Å². The SMILES string of the molecule is CC(C)(C)c1nnc(NC(=O)C(=O)NCc2nc(-c3ccc(Cl)cc3)no2)s1. The molecule has 0 radical (unpaired) electrons. The van der Waals surface area contributed by atoms with E-state index in [9.17, 15) is 9.59 Å². The lowest BCUT2D eigenvalue weighted by Gasteiger charge is -2.12. The summed E-state index contributed by atoms with van der Waals surface area (Å²) in [5, 5.41) is 18.2. The molecule has 3 rings (SSSR count). The minimum atomic E-state index is -0.853. The lowest BCUT2D eigenvalue weighted by molar-refractivity contribution is -0.136. The summed E-state index contributed by atoms with van der Waals surface area (Å²) in [4.78, 5) is 28.1. The van der Waals surface area contributed by atoms with Crippen molar-refractivity contribution in [1.29, 1.82) is 0 Å². The molecule has 2 heterocycles. The molecular weight excluding hydrogens is 404 g/mol. The zero-order chi connectivity index (χ0) is 20.3. The van der Waals surface area contributed by atoms with E-state index < -0.39 is 11.8 Å². The average molecular weight is 421 g/mol. The monoisotopic (exact) mass is 420 g/mol. The molecule has 2 amide bonds. The van der Waals surface area contributed by atoms with Gasteiger partial charge in [0.2, 0.25) is 16.8 Å². The van der Waals surface area contributed by atoms with Gasteiger partial charge >= 0.3 is 11.8 Å². The van der Waals surface area contributed by atoms with E-state index in [4.69, 9.17) is 16.1 Å². The molecule has 28 heavy (non-hydrogen) atoms. The fraction of sp³-hybridized carbons (Fsp3) is 0.294. The van der Waals surface area contributed by atoms with Crippen LogP contribution in [0.1, 0.15) is 31.7 Å². The van der Waals surface area contributed by atoms with E-state index in [1.54, 1.807) is 24.3 Å². The summed E-state index contributed by atoms with van der Waals surface area (Å²) in [7, 11) is 0. The van der Waals surface area contributed by atoms with Crippen molar-refractivity contribution in [1.82, 2.24) is 25.7 Å². The van der Waals surface area contributed by atoms with Crippen LogP contribution in [0.5, 0.6) is 0 Å². The molecule has 3 aromatic rings. The minimum Gasteiger partial charge on any atom is -0.339 e. The Balaban J connectivity index is 1.54. The van der Waals surface area contributed by atoms with Crippen LogP contribution in [-0.4, -0.2) is 32.2 Å². The van der Waals surface area contributed by atoms with Gasteiger partial charge in [0, 0.05) is 16.0 Å². The number of halogens is 1. The van der Waals surface area contributed by atoms with Crippen molar-refractivity contribution in [2.45, 2.75) is 32.7 Å². The van der Waals surface area contributed by atoms with E-state index in [0.717, 1.165) is 10.6 Å². The largest absolute Gasteiger partial charge is 0.339 e. The van der Waals surface area contributed by atoms with Gasteiger partial charge in [-0.3, -0.25) is 14.9 Å². The van der Waals surface area contributed by atoms with E-state index in [1.807, 2.05) is 20.8 Å². The summed E-state index contributed by atoms with van der Waals surface area (Å²) >= 11 is 7.06. The summed E-state index contributed by atoms with van der Waals surface area (Å²) in [6.45, 7) is 5.85. The maximum Gasteiger partial charge on any atom is 0.315 e. The van der Waals surface area contributed by atoms with Gasteiger partial charge in [-0.05, 0) is 24.3 Å². The topological polar surface area (TPSA) is 123 Å². The molecule has 0 bridgehead atoms. The first-order valence-electron chi connectivity index (χ1n) is 8.24. The summed E-state index contributed by atoms with van der Waals surface area (Å²) < 4.78 is 5.08. The first kappa shape index (κ1) is 19.9. The van der Waals surface area contributed by atoms with Crippen LogP contribution in [0.2, 0.25) is 5.02 Å². The van der Waals surface area contributed by atoms with Gasteiger partial charge < -0.3 is 9.84 Å². The van der Waals surface area contributed by atoms with Gasteiger partial charge in [0.15, 0.2) is 0 Å². The summed E-state index contributed by atoms with van der Waals surface area (Å²) in [5.41, 5.74) is 0.525. The molecule has 0 saturated carbocycles. The fourth-order valence-electron chi connectivity index (χ4n) is 2.01. The minimum absolute atomic E-state index is 0.0871. The van der Waals surface area contributed by atoms with Crippen LogP contribution in [0, 0.1) is 0 Å². The Labute approximate surface area is 169 Å². The van der Waals surface area contributed by atoms with Gasteiger partial charge in [0.25, 0.3) is 0 Å². The van der Waals surface area contributed by atoms with Gasteiger partial charge in [0.05, 0.1) is 6.54 Å². The molecule has 9 nitrogen and oxygen atoms in total. The van der Waals surface area contributed by atoms with E-state index in [2.05, 4.69) is 31.0 Å². The van der Waals surface area contributed by atoms with Crippen molar-refractivity contribution in [3.63, 3.8) is 0 Å². The molecule has 0 spiro atoms. The first-order chi connectivity index (χ1) is 13.2. The van der Waals surface area contributed by atoms with Gasteiger partial charge in [-0.15, -0.1) is 10.2 Å². The maximum absolute atomic E-state index is 12.0. The Morgan fingerprint density at radius 3 is 2.50 bits per heavy atom. The van der Waals surface area contributed by atoms with Crippen molar-refractivity contribution < 1.29 is 14.1 Å². The number of benzene rings is 1. The normalized spacial score (nSPS) is 11.3. The number of rotatable bonds is 4. The molecule has 0 aliphatic heterocycles. The summed E-state index contributed by atoms with van der Waals surface area (Å²) in [5.74, 6) is -1.18. The third-order valence-corrected chi connectivity index (χ3v) is 4.98. The molecular formula is C17H17ClN6O3S. The third-order valence-electron chi connectivity index (χ3n) is 3.46. The van der Waals surface area contributed by atoms with Crippen LogP contribution in [0.3, 0.4) is 0 Å². The quantitative estimate of drug-likeness (QED) is 0.622. The van der Waals surface area contributed by atoms with Crippen LogP contribution in [0.25, 0.3) is 11.4 Å². The molecule has 0 aliphatic rings. The number of amides is 2. The van der Waals surface area contributed by atoms with E-state index in [-0.39, 0.29) is 23.0 Å². The van der Waals surface area contributed by atoms with Crippen LogP contribution in [-0.2, 0) is 21.5 Å². The maximum atomic E-state index is 12.0. The van der Waals surface area contributed by atoms with E-state index in [1.165, 1.54) is 11.3 Å². The molecule has 0 saturated heterocycles. The second-order valence-corrected chi connectivity index (χ2v) is 8.23. The molecule has 1 aromatic carbocycles. The number of carbonyl (C=O) groups is 2. The smallest absolute Gasteiger partial charge is 0.315 e. The van der Waals surface area contributed by atoms with Gasteiger partial charge in [0.1, 0.15) is 5.01 Å². The van der Waals surface area contributed by atoms with E-state index in [0.29, 0.717) is 10.8 Å². The van der Waals surface area contributed by atoms with Crippen LogP contribution >= 0.6 is 22.9 Å². The van der Waals surface area contributed by atoms with Crippen LogP contribution in [0.4, 0.5) is 5.13 Å². The molecule has 0 atom stereocenters. The number of carbonyl (C=O) groups excluding carboxylic acids is 2. The molecule has 11 heteroatoms. The van der Waals surface area contributed by atoms with Crippen molar-refractivity contribution in [2.24, 2.45) is 0 Å². The van der Waals surface area contributed by atoms with Crippen molar-refractivity contribution in [3.05, 3.63) is 40.2 Å². The van der Waals surface area contributed by atoms with Crippen LogP contribution < -0.4 is 10.6 Å². The van der Waals surface area contributed by atoms with Crippen molar-refractivity contribution in [2.75, 3.05) is 5.32 Å². The van der Waals surface area contributed by atoms with Gasteiger partial charge in [-0.25, -0.2) is 0 Å². The predicted octanol–water partition coefficient (Wildman–Crippen LogP) is 2.79. The lowest BCUT2D eigenvalue weighted by atomic mass is 9.98. The predicted molar refractivity (Wildman–Crippen MR) is 104 cm³/mol. The molecule has 146 valence electrons. The molecule has 0 unspecified atom stereocenters. The Hall–Kier alpha value is -2.85. The molecule has 2 N–H and O–H groups in total. The van der Waals surface area contributed by atoms with Crippen molar-refractivity contribution >= 4 is 39.9 Å². The Bertz CT molecular complexity index is 993. The standard InChI is InChI=1S/C17H17ClN6O3S/c1-17(2,3)15-22-23-16(28-15)21-14(26)13(25)19-8-11-20-12(24-27-11)9-4-6-10(18)7-5-9/h4-7H,8H2,1-3H3,(H,19,25)(H,21,23,26). The third kappa shape index (κ3) is 4.90. The summed E-state index contributed by atoms with van der Waals surface area (Å²) in [6, 6.07) is 6.91. The van der Waals surface area contributed by atoms with Gasteiger partial charge in [-0.2, -0.15) is 4.98 Å². The highest BCUT2D eigenvalue weighted by Crippen LogP contribution is 2.27. The number of anilines is 1. The van der Waals surface area contributed by atoms with Gasteiger partial charge in [-0.1, -0.05) is 48.9 Å². The average Bonchev–Trinajstić information content (AvgIpc) is 3.29. The fourth-order valence-corrected chi connectivity index (χ4v) is 2.93. The number of nitrogens with one attached hydrogen (secondary N) is 2. The number of nitrogens with zero attached hydrogens (tertiary/aromatic N) is 4. The number of hydrogen-bond donors (Lipinski definition) is 2. The summed E-state index contributed by atoms with van der Waals surface area (Å²) in [6.07, 6.45) is 0. The highest BCUT2D eigenvalue weighted by Gasteiger charge is 2.22. The van der Waals surface area contributed by atoms with E-state index >= 15 is 0 Å². The Kier molecular flexibility index (Phi) is 5.71.